The number of hydrogen-bond donors (Lipinski definition) is 1. The van der Waals surface area contributed by atoms with Gasteiger partial charge in [-0.3, -0.25) is 9.69 Å². The highest BCUT2D eigenvalue weighted by Gasteiger charge is 2.14. The third-order valence-electron chi connectivity index (χ3n) is 2.79. The zero-order valence-electron chi connectivity index (χ0n) is 11.5. The molecule has 0 fully saturated rings. The number of ether oxygens (including phenoxy) is 1. The van der Waals surface area contributed by atoms with E-state index in [1.807, 2.05) is 22.4 Å². The van der Waals surface area contributed by atoms with Crippen molar-refractivity contribution in [1.29, 1.82) is 0 Å². The Morgan fingerprint density at radius 1 is 1.47 bits per heavy atom. The number of aliphatic hydroxyl groups is 1. The zero-order chi connectivity index (χ0) is 14.1. The van der Waals surface area contributed by atoms with Crippen molar-refractivity contribution in [2.45, 2.75) is 6.54 Å². The van der Waals surface area contributed by atoms with Crippen molar-refractivity contribution >= 4 is 17.2 Å². The minimum Gasteiger partial charge on any atom is -0.395 e. The number of rotatable bonds is 9. The van der Waals surface area contributed by atoms with Crippen LogP contribution in [-0.4, -0.2) is 67.8 Å². The van der Waals surface area contributed by atoms with Gasteiger partial charge in [-0.25, -0.2) is 0 Å². The molecule has 1 heterocycles. The second-order valence-corrected chi connectivity index (χ2v) is 5.35. The Labute approximate surface area is 118 Å². The normalized spacial score (nSPS) is 10.9. The van der Waals surface area contributed by atoms with Crippen LogP contribution in [0.25, 0.3) is 0 Å². The first-order chi connectivity index (χ1) is 9.17. The summed E-state index contributed by atoms with van der Waals surface area (Å²) >= 11 is 1.64. The van der Waals surface area contributed by atoms with Gasteiger partial charge < -0.3 is 14.7 Å². The van der Waals surface area contributed by atoms with E-state index >= 15 is 0 Å². The van der Waals surface area contributed by atoms with E-state index in [1.165, 1.54) is 4.88 Å². The Balaban J connectivity index is 2.41. The molecular weight excluding hydrogens is 264 g/mol. The van der Waals surface area contributed by atoms with Crippen molar-refractivity contribution in [2.75, 3.05) is 47.0 Å². The van der Waals surface area contributed by atoms with Crippen LogP contribution in [0.2, 0.25) is 0 Å². The van der Waals surface area contributed by atoms with Gasteiger partial charge in [0.05, 0.1) is 26.3 Å². The van der Waals surface area contributed by atoms with Gasteiger partial charge in [0, 0.05) is 32.1 Å². The Bertz CT molecular complexity index is 357. The lowest BCUT2D eigenvalue weighted by Crippen LogP contribution is -2.40. The number of hydrogen-bond acceptors (Lipinski definition) is 5. The molecule has 0 unspecified atom stereocenters. The van der Waals surface area contributed by atoms with Gasteiger partial charge in [-0.1, -0.05) is 6.07 Å². The van der Waals surface area contributed by atoms with Crippen LogP contribution in [0.4, 0.5) is 0 Å². The van der Waals surface area contributed by atoms with E-state index in [9.17, 15) is 4.79 Å². The number of likely N-dealkylation sites (N-methyl/N-ethyl adjacent to an activating group) is 1. The molecular formula is C13H22N2O3S. The summed E-state index contributed by atoms with van der Waals surface area (Å²) in [6.45, 7) is 2.69. The molecule has 0 aliphatic rings. The van der Waals surface area contributed by atoms with Crippen LogP contribution < -0.4 is 0 Å². The maximum Gasteiger partial charge on any atom is 0.236 e. The highest BCUT2D eigenvalue weighted by atomic mass is 32.1. The fraction of sp³-hybridized carbons (Fsp3) is 0.615. The predicted octanol–water partition coefficient (Wildman–Crippen LogP) is 0.647. The quantitative estimate of drug-likeness (QED) is 0.724. The monoisotopic (exact) mass is 286 g/mol. The molecule has 108 valence electrons. The number of carbonyl (C=O) groups is 1. The summed E-state index contributed by atoms with van der Waals surface area (Å²) in [7, 11) is 3.43. The fourth-order valence-electron chi connectivity index (χ4n) is 1.67. The van der Waals surface area contributed by atoms with Crippen LogP contribution in [0, 0.1) is 0 Å². The molecule has 1 aromatic rings. The van der Waals surface area contributed by atoms with Crippen molar-refractivity contribution in [1.82, 2.24) is 9.80 Å². The maximum absolute atomic E-state index is 12.1. The molecule has 0 radical (unpaired) electrons. The molecule has 1 amide bonds. The maximum atomic E-state index is 12.1. The minimum atomic E-state index is 0.0473. The van der Waals surface area contributed by atoms with Crippen molar-refractivity contribution in [3.8, 4) is 0 Å². The van der Waals surface area contributed by atoms with Crippen LogP contribution in [0.15, 0.2) is 17.5 Å². The smallest absolute Gasteiger partial charge is 0.236 e. The van der Waals surface area contributed by atoms with Crippen molar-refractivity contribution in [2.24, 2.45) is 0 Å². The SMILES string of the molecule is COCCN(CCO)CC(=O)N(C)Cc1cccs1. The van der Waals surface area contributed by atoms with E-state index in [0.29, 0.717) is 32.8 Å². The van der Waals surface area contributed by atoms with Crippen LogP contribution >= 0.6 is 11.3 Å². The summed E-state index contributed by atoms with van der Waals surface area (Å²) in [5.74, 6) is 0.0537. The number of nitrogens with zero attached hydrogens (tertiary/aromatic N) is 2. The molecule has 0 aliphatic carbocycles. The standard InChI is InChI=1S/C13H22N2O3S/c1-14(10-12-4-3-9-19-12)13(17)11-15(5-7-16)6-8-18-2/h3-4,9,16H,5-8,10-11H2,1-2H3. The topological polar surface area (TPSA) is 53.0 Å². The molecule has 6 heteroatoms. The third kappa shape index (κ3) is 6.15. The van der Waals surface area contributed by atoms with Crippen LogP contribution in [0.1, 0.15) is 4.88 Å². The molecule has 0 saturated heterocycles. The Morgan fingerprint density at radius 3 is 2.84 bits per heavy atom. The fourth-order valence-corrected chi connectivity index (χ4v) is 2.43. The number of methoxy groups -OCH3 is 1. The average Bonchev–Trinajstić information content (AvgIpc) is 2.88. The number of carbonyl (C=O) groups excluding carboxylic acids is 1. The van der Waals surface area contributed by atoms with E-state index in [4.69, 9.17) is 9.84 Å². The molecule has 0 aliphatic heterocycles. The van der Waals surface area contributed by atoms with Crippen molar-refractivity contribution < 1.29 is 14.6 Å². The second-order valence-electron chi connectivity index (χ2n) is 4.32. The molecule has 19 heavy (non-hydrogen) atoms. The Kier molecular flexibility index (Phi) is 7.66. The Hall–Kier alpha value is -0.950. The largest absolute Gasteiger partial charge is 0.395 e. The van der Waals surface area contributed by atoms with Crippen LogP contribution in [-0.2, 0) is 16.1 Å². The highest BCUT2D eigenvalue weighted by molar-refractivity contribution is 7.09. The van der Waals surface area contributed by atoms with Crippen LogP contribution in [0.5, 0.6) is 0 Å². The van der Waals surface area contributed by atoms with E-state index in [-0.39, 0.29) is 12.5 Å². The molecule has 0 spiro atoms. The highest BCUT2D eigenvalue weighted by Crippen LogP contribution is 2.10. The lowest BCUT2D eigenvalue weighted by Gasteiger charge is -2.24. The van der Waals surface area contributed by atoms with E-state index in [2.05, 4.69) is 0 Å². The van der Waals surface area contributed by atoms with E-state index in [0.717, 1.165) is 0 Å². The number of amides is 1. The van der Waals surface area contributed by atoms with Gasteiger partial charge in [0.2, 0.25) is 5.91 Å². The molecule has 5 nitrogen and oxygen atoms in total. The van der Waals surface area contributed by atoms with E-state index in [1.54, 1.807) is 30.4 Å². The zero-order valence-corrected chi connectivity index (χ0v) is 12.4. The summed E-state index contributed by atoms with van der Waals surface area (Å²) < 4.78 is 5.00. The average molecular weight is 286 g/mol. The first-order valence-corrected chi connectivity index (χ1v) is 7.13. The van der Waals surface area contributed by atoms with Gasteiger partial charge in [0.15, 0.2) is 0 Å². The lowest BCUT2D eigenvalue weighted by atomic mass is 10.4. The second kappa shape index (κ2) is 9.03. The summed E-state index contributed by atoms with van der Waals surface area (Å²) in [6.07, 6.45) is 0. The molecule has 0 aromatic carbocycles. The molecule has 1 N–H and O–H groups in total. The number of aliphatic hydroxyl groups excluding tert-OH is 1. The molecule has 0 bridgehead atoms. The Morgan fingerprint density at radius 2 is 2.26 bits per heavy atom. The van der Waals surface area contributed by atoms with Gasteiger partial charge in [-0.15, -0.1) is 11.3 Å². The number of thiophene rings is 1. The van der Waals surface area contributed by atoms with Gasteiger partial charge in [0.25, 0.3) is 0 Å². The van der Waals surface area contributed by atoms with E-state index < -0.39 is 0 Å². The van der Waals surface area contributed by atoms with Gasteiger partial charge >= 0.3 is 0 Å². The van der Waals surface area contributed by atoms with Gasteiger partial charge in [0.1, 0.15) is 0 Å². The first kappa shape index (κ1) is 16.1. The predicted molar refractivity (Wildman–Crippen MR) is 76.2 cm³/mol. The van der Waals surface area contributed by atoms with Gasteiger partial charge in [-0.05, 0) is 11.4 Å². The third-order valence-corrected chi connectivity index (χ3v) is 3.65. The van der Waals surface area contributed by atoms with Gasteiger partial charge in [-0.2, -0.15) is 0 Å². The first-order valence-electron chi connectivity index (χ1n) is 6.26. The molecule has 1 rings (SSSR count). The van der Waals surface area contributed by atoms with Crippen LogP contribution in [0.3, 0.4) is 0 Å². The van der Waals surface area contributed by atoms with Crippen molar-refractivity contribution in [3.63, 3.8) is 0 Å². The van der Waals surface area contributed by atoms with Crippen molar-refractivity contribution in [3.05, 3.63) is 22.4 Å². The summed E-state index contributed by atoms with van der Waals surface area (Å²) in [5, 5.41) is 11.0. The molecule has 0 atom stereocenters. The summed E-state index contributed by atoms with van der Waals surface area (Å²) in [4.78, 5) is 16.9. The summed E-state index contributed by atoms with van der Waals surface area (Å²) in [5.41, 5.74) is 0. The lowest BCUT2D eigenvalue weighted by molar-refractivity contribution is -0.131. The minimum absolute atomic E-state index is 0.0473. The molecule has 1 aromatic heterocycles. The summed E-state index contributed by atoms with van der Waals surface area (Å²) in [6, 6.07) is 4.00. The molecule has 0 saturated carbocycles.